The van der Waals surface area contributed by atoms with Gasteiger partial charge >= 0.3 is 0 Å². The largest absolute Gasteiger partial charge is 0.273 e. The Labute approximate surface area is 121 Å². The van der Waals surface area contributed by atoms with E-state index in [-0.39, 0.29) is 11.4 Å². The standard InChI is InChI=1S/C14H9BrFNOS/c1-8-6-11(16)10(15)7-12(8)17-14(18)9-4-2-3-5-13(9)19-17/h2-7H,1H3. The van der Waals surface area contributed by atoms with Crippen molar-refractivity contribution in [1.82, 2.24) is 3.96 Å². The van der Waals surface area contributed by atoms with E-state index in [4.69, 9.17) is 0 Å². The van der Waals surface area contributed by atoms with E-state index >= 15 is 0 Å². The van der Waals surface area contributed by atoms with Gasteiger partial charge in [0.15, 0.2) is 0 Å². The molecule has 0 aliphatic carbocycles. The number of benzene rings is 2. The number of nitrogens with zero attached hydrogens (tertiary/aromatic N) is 1. The molecular formula is C14H9BrFNOS. The minimum Gasteiger partial charge on any atom is -0.267 e. The highest BCUT2D eigenvalue weighted by Gasteiger charge is 2.12. The summed E-state index contributed by atoms with van der Waals surface area (Å²) in [5, 5.41) is 0.687. The van der Waals surface area contributed by atoms with Crippen LogP contribution in [0, 0.1) is 12.7 Å². The molecule has 0 aliphatic rings. The van der Waals surface area contributed by atoms with E-state index < -0.39 is 0 Å². The third-order valence-corrected chi connectivity index (χ3v) is 4.65. The molecule has 1 heterocycles. The fraction of sp³-hybridized carbons (Fsp3) is 0.0714. The molecule has 3 aromatic rings. The molecule has 1 aromatic heterocycles. The maximum atomic E-state index is 13.4. The third kappa shape index (κ3) is 2.03. The van der Waals surface area contributed by atoms with Crippen LogP contribution < -0.4 is 5.56 Å². The number of hydrogen-bond acceptors (Lipinski definition) is 2. The molecule has 3 rings (SSSR count). The van der Waals surface area contributed by atoms with Crippen LogP contribution in [0.5, 0.6) is 0 Å². The van der Waals surface area contributed by atoms with E-state index in [1.165, 1.54) is 17.6 Å². The normalized spacial score (nSPS) is 11.1. The van der Waals surface area contributed by atoms with E-state index in [2.05, 4.69) is 15.9 Å². The summed E-state index contributed by atoms with van der Waals surface area (Å²) in [5.41, 5.74) is 1.37. The van der Waals surface area contributed by atoms with Crippen LogP contribution in [0.15, 0.2) is 45.7 Å². The van der Waals surface area contributed by atoms with E-state index in [1.807, 2.05) is 18.2 Å². The first-order chi connectivity index (χ1) is 9.08. The number of aromatic nitrogens is 1. The van der Waals surface area contributed by atoms with Crippen molar-refractivity contribution >= 4 is 37.5 Å². The van der Waals surface area contributed by atoms with Gasteiger partial charge in [0.05, 0.1) is 20.2 Å². The van der Waals surface area contributed by atoms with Crippen LogP contribution in [0.1, 0.15) is 5.56 Å². The van der Waals surface area contributed by atoms with Crippen molar-refractivity contribution in [1.29, 1.82) is 0 Å². The summed E-state index contributed by atoms with van der Waals surface area (Å²) >= 11 is 4.53. The molecule has 0 amide bonds. The van der Waals surface area contributed by atoms with Crippen LogP contribution in [0.2, 0.25) is 0 Å². The second-order valence-electron chi connectivity index (χ2n) is 4.24. The Balaban J connectivity index is 2.34. The Morgan fingerprint density at radius 2 is 2.00 bits per heavy atom. The average molecular weight is 338 g/mol. The molecule has 0 saturated carbocycles. The van der Waals surface area contributed by atoms with Crippen molar-refractivity contribution in [3.8, 4) is 5.69 Å². The fourth-order valence-corrected chi connectivity index (χ4v) is 3.38. The summed E-state index contributed by atoms with van der Waals surface area (Å²) in [7, 11) is 0. The molecule has 0 bridgehead atoms. The average Bonchev–Trinajstić information content (AvgIpc) is 2.72. The highest BCUT2D eigenvalue weighted by molar-refractivity contribution is 9.10. The Kier molecular flexibility index (Phi) is 3.03. The van der Waals surface area contributed by atoms with Gasteiger partial charge < -0.3 is 0 Å². The zero-order chi connectivity index (χ0) is 13.6. The second kappa shape index (κ2) is 4.58. The van der Waals surface area contributed by atoms with Crippen LogP contribution in [0.25, 0.3) is 15.8 Å². The Bertz CT molecular complexity index is 837. The number of aryl methyl sites for hydroxylation is 1. The van der Waals surface area contributed by atoms with Crippen molar-refractivity contribution in [2.45, 2.75) is 6.92 Å². The molecule has 19 heavy (non-hydrogen) atoms. The summed E-state index contributed by atoms with van der Waals surface area (Å²) in [6.45, 7) is 1.79. The molecule has 0 atom stereocenters. The molecule has 0 unspecified atom stereocenters. The van der Waals surface area contributed by atoms with Gasteiger partial charge in [-0.3, -0.25) is 4.79 Å². The van der Waals surface area contributed by atoms with Crippen molar-refractivity contribution in [3.63, 3.8) is 0 Å². The van der Waals surface area contributed by atoms with Gasteiger partial charge in [0.1, 0.15) is 5.82 Å². The minimum atomic E-state index is -0.324. The minimum absolute atomic E-state index is 0.0674. The van der Waals surface area contributed by atoms with Gasteiger partial charge in [-0.25, -0.2) is 8.35 Å². The summed E-state index contributed by atoms with van der Waals surface area (Å²) in [6, 6.07) is 10.5. The first-order valence-electron chi connectivity index (χ1n) is 5.65. The van der Waals surface area contributed by atoms with Crippen LogP contribution in [-0.2, 0) is 0 Å². The molecule has 0 aliphatic heterocycles. The van der Waals surface area contributed by atoms with Gasteiger partial charge in [0.2, 0.25) is 0 Å². The number of rotatable bonds is 1. The summed E-state index contributed by atoms with van der Waals surface area (Å²) < 4.78 is 16.3. The van der Waals surface area contributed by atoms with Gasteiger partial charge in [-0.05, 0) is 52.7 Å². The van der Waals surface area contributed by atoms with E-state index in [9.17, 15) is 9.18 Å². The maximum Gasteiger partial charge on any atom is 0.273 e. The van der Waals surface area contributed by atoms with Gasteiger partial charge in [-0.1, -0.05) is 23.7 Å². The van der Waals surface area contributed by atoms with Crippen molar-refractivity contribution < 1.29 is 4.39 Å². The molecule has 0 saturated heterocycles. The van der Waals surface area contributed by atoms with Crippen molar-refractivity contribution in [2.24, 2.45) is 0 Å². The lowest BCUT2D eigenvalue weighted by atomic mass is 10.2. The SMILES string of the molecule is Cc1cc(F)c(Br)cc1-n1sc2ccccc2c1=O. The summed E-state index contributed by atoms with van der Waals surface area (Å²) in [5.74, 6) is -0.324. The van der Waals surface area contributed by atoms with Crippen LogP contribution in [0.4, 0.5) is 4.39 Å². The van der Waals surface area contributed by atoms with Crippen molar-refractivity contribution in [2.75, 3.05) is 0 Å². The molecule has 0 fully saturated rings. The van der Waals surface area contributed by atoms with E-state index in [1.54, 1.807) is 23.0 Å². The van der Waals surface area contributed by atoms with Gasteiger partial charge in [-0.15, -0.1) is 0 Å². The highest BCUT2D eigenvalue weighted by atomic mass is 79.9. The quantitative estimate of drug-likeness (QED) is 0.650. The molecule has 0 spiro atoms. The summed E-state index contributed by atoms with van der Waals surface area (Å²) in [6.07, 6.45) is 0. The molecular weight excluding hydrogens is 329 g/mol. The number of hydrogen-bond donors (Lipinski definition) is 0. The lowest BCUT2D eigenvalue weighted by Gasteiger charge is -2.06. The molecule has 5 heteroatoms. The lowest BCUT2D eigenvalue weighted by molar-refractivity contribution is 0.619. The maximum absolute atomic E-state index is 13.4. The van der Waals surface area contributed by atoms with Crippen LogP contribution >= 0.6 is 27.5 Å². The molecule has 2 aromatic carbocycles. The van der Waals surface area contributed by atoms with Gasteiger partial charge in [0.25, 0.3) is 5.56 Å². The van der Waals surface area contributed by atoms with Gasteiger partial charge in [-0.2, -0.15) is 0 Å². The van der Waals surface area contributed by atoms with Gasteiger partial charge in [0, 0.05) is 0 Å². The molecule has 2 nitrogen and oxygen atoms in total. The summed E-state index contributed by atoms with van der Waals surface area (Å²) in [4.78, 5) is 12.3. The molecule has 0 N–H and O–H groups in total. The fourth-order valence-electron chi connectivity index (χ4n) is 1.99. The Morgan fingerprint density at radius 1 is 1.26 bits per heavy atom. The van der Waals surface area contributed by atoms with Crippen molar-refractivity contribution in [3.05, 3.63) is 62.6 Å². The Hall–Kier alpha value is -1.46. The predicted molar refractivity (Wildman–Crippen MR) is 79.8 cm³/mol. The van der Waals surface area contributed by atoms with Crippen LogP contribution in [0.3, 0.4) is 0 Å². The number of halogens is 2. The monoisotopic (exact) mass is 337 g/mol. The zero-order valence-corrected chi connectivity index (χ0v) is 12.4. The molecule has 0 radical (unpaired) electrons. The van der Waals surface area contributed by atoms with E-state index in [0.29, 0.717) is 15.5 Å². The first kappa shape index (κ1) is 12.6. The Morgan fingerprint density at radius 3 is 2.74 bits per heavy atom. The van der Waals surface area contributed by atoms with E-state index in [0.717, 1.165) is 10.3 Å². The van der Waals surface area contributed by atoms with Crippen LogP contribution in [-0.4, -0.2) is 3.96 Å². The zero-order valence-electron chi connectivity index (χ0n) is 9.98. The number of fused-ring (bicyclic) bond motifs is 1. The second-order valence-corrected chi connectivity index (χ2v) is 6.08. The molecule has 96 valence electrons. The highest BCUT2D eigenvalue weighted by Crippen LogP contribution is 2.26. The third-order valence-electron chi connectivity index (χ3n) is 2.95. The topological polar surface area (TPSA) is 22.0 Å². The lowest BCUT2D eigenvalue weighted by Crippen LogP contribution is -2.12. The first-order valence-corrected chi connectivity index (χ1v) is 7.21. The smallest absolute Gasteiger partial charge is 0.267 e. The predicted octanol–water partition coefficient (Wildman–Crippen LogP) is 4.26.